The van der Waals surface area contributed by atoms with Crippen LogP contribution in [0.25, 0.3) is 0 Å². The zero-order valence-corrected chi connectivity index (χ0v) is 11.2. The first-order valence-corrected chi connectivity index (χ1v) is 7.54. The van der Waals surface area contributed by atoms with Gasteiger partial charge in [0.15, 0.2) is 0 Å². The number of benzene rings is 1. The van der Waals surface area contributed by atoms with Crippen LogP contribution in [0, 0.1) is 11.6 Å². The number of nitrogens with two attached hydrogens (primary N) is 1. The van der Waals surface area contributed by atoms with Crippen LogP contribution in [0.3, 0.4) is 0 Å². The lowest BCUT2D eigenvalue weighted by Crippen LogP contribution is -2.15. The minimum absolute atomic E-state index is 0.0182. The average Bonchev–Trinajstić information content (AvgIpc) is 2.75. The molecule has 0 unspecified atom stereocenters. The molecule has 0 aliphatic heterocycles. The van der Waals surface area contributed by atoms with E-state index in [1.165, 1.54) is 17.4 Å². The molecule has 0 atom stereocenters. The van der Waals surface area contributed by atoms with Crippen molar-refractivity contribution in [2.45, 2.75) is 11.4 Å². The average molecular weight is 304 g/mol. The molecule has 19 heavy (non-hydrogen) atoms. The Labute approximate surface area is 112 Å². The Hall–Kier alpha value is -1.51. The van der Waals surface area contributed by atoms with E-state index in [-0.39, 0.29) is 17.1 Å². The molecule has 2 rings (SSSR count). The molecule has 0 aliphatic carbocycles. The van der Waals surface area contributed by atoms with E-state index < -0.39 is 21.7 Å². The topological polar surface area (TPSA) is 72.2 Å². The van der Waals surface area contributed by atoms with Gasteiger partial charge in [0, 0.05) is 17.5 Å². The van der Waals surface area contributed by atoms with Crippen molar-refractivity contribution in [1.82, 2.24) is 0 Å². The zero-order valence-electron chi connectivity index (χ0n) is 9.56. The van der Waals surface area contributed by atoms with Crippen molar-refractivity contribution in [2.24, 2.45) is 5.73 Å². The third-order valence-electron chi connectivity index (χ3n) is 2.29. The van der Waals surface area contributed by atoms with Gasteiger partial charge in [-0.25, -0.2) is 17.2 Å². The molecule has 0 bridgehead atoms. The molecule has 0 radical (unpaired) electrons. The van der Waals surface area contributed by atoms with Crippen LogP contribution >= 0.6 is 11.3 Å². The summed E-state index contributed by atoms with van der Waals surface area (Å²) in [6.07, 6.45) is 0. The number of halogens is 2. The van der Waals surface area contributed by atoms with Crippen LogP contribution < -0.4 is 10.5 Å². The smallest absolute Gasteiger partial charge is 0.263 e. The molecule has 1 heterocycles. The summed E-state index contributed by atoms with van der Waals surface area (Å²) in [6, 6.07) is 3.85. The van der Waals surface area contributed by atoms with E-state index in [1.54, 1.807) is 5.38 Å². The van der Waals surface area contributed by atoms with Crippen LogP contribution in [-0.2, 0) is 16.6 Å². The van der Waals surface area contributed by atoms with E-state index in [9.17, 15) is 17.2 Å². The van der Waals surface area contributed by atoms with Gasteiger partial charge in [-0.05, 0) is 23.6 Å². The predicted octanol–water partition coefficient (Wildman–Crippen LogP) is 2.29. The number of hydrogen-bond acceptors (Lipinski definition) is 4. The highest BCUT2D eigenvalue weighted by Crippen LogP contribution is 2.24. The molecular formula is C11H10F2N2O2S2. The van der Waals surface area contributed by atoms with Gasteiger partial charge in [-0.15, -0.1) is 11.3 Å². The standard InChI is InChI=1S/C11H10F2N2O2S2/c12-7-3-8(13)5-9(4-7)15-19(16,17)11-1-2-18-10(11)6-14/h1-5,15H,6,14H2. The number of thiophene rings is 1. The summed E-state index contributed by atoms with van der Waals surface area (Å²) < 4.78 is 52.2. The molecule has 0 spiro atoms. The van der Waals surface area contributed by atoms with E-state index >= 15 is 0 Å². The Kier molecular flexibility index (Phi) is 3.83. The molecule has 8 heteroatoms. The van der Waals surface area contributed by atoms with Gasteiger partial charge in [0.2, 0.25) is 0 Å². The number of anilines is 1. The van der Waals surface area contributed by atoms with Crippen LogP contribution in [0.2, 0.25) is 0 Å². The molecule has 3 N–H and O–H groups in total. The third-order valence-corrected chi connectivity index (χ3v) is 4.83. The molecule has 1 aromatic carbocycles. The minimum atomic E-state index is -3.90. The second-order valence-electron chi connectivity index (χ2n) is 3.68. The molecule has 0 fully saturated rings. The predicted molar refractivity (Wildman–Crippen MR) is 69.4 cm³/mol. The van der Waals surface area contributed by atoms with Gasteiger partial charge >= 0.3 is 0 Å². The lowest BCUT2D eigenvalue weighted by molar-refractivity contribution is 0.584. The first-order valence-electron chi connectivity index (χ1n) is 5.18. The zero-order chi connectivity index (χ0) is 14.0. The van der Waals surface area contributed by atoms with Crippen molar-refractivity contribution in [3.63, 3.8) is 0 Å². The lowest BCUT2D eigenvalue weighted by atomic mass is 10.3. The van der Waals surface area contributed by atoms with Crippen LogP contribution in [0.1, 0.15) is 4.88 Å². The van der Waals surface area contributed by atoms with Crippen LogP contribution in [-0.4, -0.2) is 8.42 Å². The highest BCUT2D eigenvalue weighted by atomic mass is 32.2. The Morgan fingerprint density at radius 2 is 1.84 bits per heavy atom. The van der Waals surface area contributed by atoms with Gasteiger partial charge < -0.3 is 5.73 Å². The lowest BCUT2D eigenvalue weighted by Gasteiger charge is -2.08. The number of sulfonamides is 1. The van der Waals surface area contributed by atoms with E-state index in [2.05, 4.69) is 4.72 Å². The van der Waals surface area contributed by atoms with Crippen LogP contribution in [0.4, 0.5) is 14.5 Å². The van der Waals surface area contributed by atoms with Gasteiger partial charge in [0.25, 0.3) is 10.0 Å². The first-order chi connectivity index (χ1) is 8.92. The van der Waals surface area contributed by atoms with E-state index in [0.717, 1.165) is 12.1 Å². The second-order valence-corrected chi connectivity index (χ2v) is 6.33. The van der Waals surface area contributed by atoms with Crippen molar-refractivity contribution in [2.75, 3.05) is 4.72 Å². The molecule has 2 aromatic rings. The summed E-state index contributed by atoms with van der Waals surface area (Å²) in [7, 11) is -3.90. The van der Waals surface area contributed by atoms with Gasteiger partial charge in [-0.2, -0.15) is 0 Å². The van der Waals surface area contributed by atoms with Crippen molar-refractivity contribution in [1.29, 1.82) is 0 Å². The summed E-state index contributed by atoms with van der Waals surface area (Å²) in [5.41, 5.74) is 5.26. The molecule has 0 saturated carbocycles. The van der Waals surface area contributed by atoms with Gasteiger partial charge in [-0.1, -0.05) is 0 Å². The van der Waals surface area contributed by atoms with Crippen molar-refractivity contribution < 1.29 is 17.2 Å². The van der Waals surface area contributed by atoms with E-state index in [0.29, 0.717) is 10.9 Å². The normalized spacial score (nSPS) is 11.5. The summed E-state index contributed by atoms with van der Waals surface area (Å²) >= 11 is 1.20. The molecule has 0 saturated heterocycles. The van der Waals surface area contributed by atoms with Crippen LogP contribution in [0.15, 0.2) is 34.5 Å². The molecule has 1 aromatic heterocycles. The SMILES string of the molecule is NCc1sccc1S(=O)(=O)Nc1cc(F)cc(F)c1. The van der Waals surface area contributed by atoms with Crippen molar-refractivity contribution in [3.05, 3.63) is 46.2 Å². The van der Waals surface area contributed by atoms with Crippen molar-refractivity contribution >= 4 is 27.0 Å². The van der Waals surface area contributed by atoms with E-state index in [1.807, 2.05) is 0 Å². The fourth-order valence-corrected chi connectivity index (χ4v) is 3.92. The third kappa shape index (κ3) is 3.09. The fourth-order valence-electron chi connectivity index (χ4n) is 1.54. The molecule has 4 nitrogen and oxygen atoms in total. The van der Waals surface area contributed by atoms with Gasteiger partial charge in [0.1, 0.15) is 16.5 Å². The van der Waals surface area contributed by atoms with Crippen LogP contribution in [0.5, 0.6) is 0 Å². The number of nitrogens with one attached hydrogen (secondary N) is 1. The van der Waals surface area contributed by atoms with Crippen molar-refractivity contribution in [3.8, 4) is 0 Å². The molecule has 102 valence electrons. The minimum Gasteiger partial charge on any atom is -0.326 e. The first kappa shape index (κ1) is 13.9. The van der Waals surface area contributed by atoms with E-state index in [4.69, 9.17) is 5.73 Å². The Morgan fingerprint density at radius 3 is 2.42 bits per heavy atom. The monoisotopic (exact) mass is 304 g/mol. The van der Waals surface area contributed by atoms with Gasteiger partial charge in [0.05, 0.1) is 5.69 Å². The number of hydrogen-bond donors (Lipinski definition) is 2. The summed E-state index contributed by atoms with van der Waals surface area (Å²) in [4.78, 5) is 0.494. The Balaban J connectivity index is 2.36. The fraction of sp³-hybridized carbons (Fsp3) is 0.0909. The highest BCUT2D eigenvalue weighted by Gasteiger charge is 2.19. The van der Waals surface area contributed by atoms with Gasteiger partial charge in [-0.3, -0.25) is 4.72 Å². The second kappa shape index (κ2) is 5.24. The maximum absolute atomic E-state index is 13.0. The summed E-state index contributed by atoms with van der Waals surface area (Å²) in [5, 5.41) is 1.59. The molecule has 0 aliphatic rings. The highest BCUT2D eigenvalue weighted by molar-refractivity contribution is 7.93. The number of rotatable bonds is 4. The summed E-state index contributed by atoms with van der Waals surface area (Å²) in [5.74, 6) is -1.72. The largest absolute Gasteiger partial charge is 0.326 e. The Morgan fingerprint density at radius 1 is 1.21 bits per heavy atom. The Bertz CT molecular complexity index is 678. The maximum Gasteiger partial charge on any atom is 0.263 e. The molecule has 0 amide bonds. The maximum atomic E-state index is 13.0. The molecular weight excluding hydrogens is 294 g/mol. The summed E-state index contributed by atoms with van der Waals surface area (Å²) in [6.45, 7) is 0.0748. The quantitative estimate of drug-likeness (QED) is 0.910.